The summed E-state index contributed by atoms with van der Waals surface area (Å²) in [5, 5.41) is 0. The molecule has 0 atom stereocenters. The Bertz CT molecular complexity index is 1040. The van der Waals surface area contributed by atoms with E-state index in [-0.39, 0.29) is 0 Å². The van der Waals surface area contributed by atoms with Crippen molar-refractivity contribution in [1.82, 2.24) is 0 Å². The highest BCUT2D eigenvalue weighted by Gasteiger charge is 2.26. The van der Waals surface area contributed by atoms with E-state index in [1.807, 2.05) is 36.4 Å². The molecule has 0 fully saturated rings. The third kappa shape index (κ3) is 2.42. The van der Waals surface area contributed by atoms with Gasteiger partial charge in [-0.1, -0.05) is 84.9 Å². The fraction of sp³-hybridized carbons (Fsp3) is 0. The molecule has 26 heavy (non-hydrogen) atoms. The fourth-order valence-corrected chi connectivity index (χ4v) is 5.00. The van der Waals surface area contributed by atoms with E-state index in [9.17, 15) is 4.21 Å². The molecule has 1 aliphatic rings. The van der Waals surface area contributed by atoms with E-state index in [2.05, 4.69) is 60.7 Å². The minimum absolute atomic E-state index is 0.909. The Hall–Kier alpha value is -2.97. The highest BCUT2D eigenvalue weighted by molar-refractivity contribution is 7.85. The van der Waals surface area contributed by atoms with E-state index in [0.717, 1.165) is 43.2 Å². The molecule has 0 unspecified atom stereocenters. The van der Waals surface area contributed by atoms with Crippen molar-refractivity contribution in [1.29, 1.82) is 0 Å². The second kappa shape index (κ2) is 6.08. The summed E-state index contributed by atoms with van der Waals surface area (Å²) in [4.78, 5) is 1.82. The molecular formula is C24H16OS. The Kier molecular flexibility index (Phi) is 3.58. The summed E-state index contributed by atoms with van der Waals surface area (Å²) >= 11 is 0. The van der Waals surface area contributed by atoms with Crippen molar-refractivity contribution in [3.8, 4) is 33.4 Å². The molecule has 1 aliphatic heterocycles. The van der Waals surface area contributed by atoms with Crippen molar-refractivity contribution >= 4 is 10.8 Å². The molecule has 0 radical (unpaired) electrons. The van der Waals surface area contributed by atoms with E-state index >= 15 is 0 Å². The van der Waals surface area contributed by atoms with Gasteiger partial charge in [-0.15, -0.1) is 0 Å². The topological polar surface area (TPSA) is 17.1 Å². The summed E-state index contributed by atoms with van der Waals surface area (Å²) in [6.45, 7) is 0. The van der Waals surface area contributed by atoms with Crippen LogP contribution in [0.2, 0.25) is 0 Å². The predicted octanol–water partition coefficient (Wildman–Crippen LogP) is 6.17. The van der Waals surface area contributed by atoms with Crippen molar-refractivity contribution in [3.05, 3.63) is 97.1 Å². The van der Waals surface area contributed by atoms with E-state index in [0.29, 0.717) is 0 Å². The SMILES string of the molecule is O=S1c2cc(-c3ccccc3)ccc2-c2ccc(-c3ccccc3)cc21. The van der Waals surface area contributed by atoms with Crippen molar-refractivity contribution in [2.45, 2.75) is 9.79 Å². The zero-order valence-electron chi connectivity index (χ0n) is 14.1. The molecule has 0 saturated carbocycles. The Balaban J connectivity index is 1.61. The lowest BCUT2D eigenvalue weighted by Gasteiger charge is -2.05. The minimum Gasteiger partial charge on any atom is -0.249 e. The van der Waals surface area contributed by atoms with Crippen LogP contribution in [0, 0.1) is 0 Å². The van der Waals surface area contributed by atoms with Gasteiger partial charge >= 0.3 is 0 Å². The third-order valence-corrected chi connectivity index (χ3v) is 6.34. The van der Waals surface area contributed by atoms with Gasteiger partial charge in [-0.25, -0.2) is 4.21 Å². The quantitative estimate of drug-likeness (QED) is 0.371. The van der Waals surface area contributed by atoms with Crippen LogP contribution in [-0.2, 0) is 10.8 Å². The van der Waals surface area contributed by atoms with E-state index in [4.69, 9.17) is 0 Å². The molecule has 0 spiro atoms. The van der Waals surface area contributed by atoms with Crippen LogP contribution in [0.15, 0.2) is 107 Å². The average molecular weight is 352 g/mol. The lowest BCUT2D eigenvalue weighted by atomic mass is 9.98. The molecular weight excluding hydrogens is 336 g/mol. The smallest absolute Gasteiger partial charge is 0.0862 e. The normalized spacial score (nSPS) is 12.6. The van der Waals surface area contributed by atoms with Gasteiger partial charge in [0.25, 0.3) is 0 Å². The number of hydrogen-bond acceptors (Lipinski definition) is 1. The standard InChI is InChI=1S/C24H16OS/c25-26-23-15-19(17-7-3-1-4-8-17)11-13-21(23)22-14-12-20(16-24(22)26)18-9-5-2-6-10-18/h1-16H. The first-order valence-corrected chi connectivity index (χ1v) is 9.77. The first-order valence-electron chi connectivity index (χ1n) is 8.62. The lowest BCUT2D eigenvalue weighted by Crippen LogP contribution is -1.88. The van der Waals surface area contributed by atoms with Crippen LogP contribution in [0.25, 0.3) is 33.4 Å². The first kappa shape index (κ1) is 15.3. The molecule has 0 aromatic heterocycles. The molecule has 4 aromatic carbocycles. The highest BCUT2D eigenvalue weighted by Crippen LogP contribution is 2.43. The van der Waals surface area contributed by atoms with Gasteiger partial charge in [-0.2, -0.15) is 0 Å². The summed E-state index contributed by atoms with van der Waals surface area (Å²) in [6.07, 6.45) is 0. The summed E-state index contributed by atoms with van der Waals surface area (Å²) in [5.74, 6) is 0. The van der Waals surface area contributed by atoms with Gasteiger partial charge < -0.3 is 0 Å². The Morgan fingerprint density at radius 2 is 0.885 bits per heavy atom. The molecule has 5 rings (SSSR count). The molecule has 0 saturated heterocycles. The van der Waals surface area contributed by atoms with Crippen LogP contribution in [0.1, 0.15) is 0 Å². The molecule has 2 heteroatoms. The molecule has 124 valence electrons. The minimum atomic E-state index is -1.14. The van der Waals surface area contributed by atoms with Gasteiger partial charge in [0.05, 0.1) is 20.6 Å². The van der Waals surface area contributed by atoms with Crippen LogP contribution >= 0.6 is 0 Å². The van der Waals surface area contributed by atoms with E-state index in [1.165, 1.54) is 0 Å². The largest absolute Gasteiger partial charge is 0.249 e. The van der Waals surface area contributed by atoms with E-state index in [1.54, 1.807) is 0 Å². The van der Waals surface area contributed by atoms with Crippen molar-refractivity contribution in [2.24, 2.45) is 0 Å². The number of benzene rings is 4. The van der Waals surface area contributed by atoms with Crippen molar-refractivity contribution in [3.63, 3.8) is 0 Å². The Morgan fingerprint density at radius 3 is 1.31 bits per heavy atom. The third-order valence-electron chi connectivity index (χ3n) is 4.87. The summed E-state index contributed by atoms with van der Waals surface area (Å²) < 4.78 is 13.2. The second-order valence-electron chi connectivity index (χ2n) is 6.42. The summed E-state index contributed by atoms with van der Waals surface area (Å²) in [5.41, 5.74) is 6.67. The maximum absolute atomic E-state index is 13.2. The number of rotatable bonds is 2. The van der Waals surface area contributed by atoms with Crippen LogP contribution in [-0.4, -0.2) is 4.21 Å². The molecule has 1 nitrogen and oxygen atoms in total. The number of hydrogen-bond donors (Lipinski definition) is 0. The Morgan fingerprint density at radius 1 is 0.462 bits per heavy atom. The second-order valence-corrected chi connectivity index (χ2v) is 7.84. The fourth-order valence-electron chi connectivity index (χ4n) is 3.54. The molecule has 4 aromatic rings. The van der Waals surface area contributed by atoms with Crippen molar-refractivity contribution in [2.75, 3.05) is 0 Å². The zero-order valence-corrected chi connectivity index (χ0v) is 14.9. The molecule has 1 heterocycles. The molecule has 0 bridgehead atoms. The maximum Gasteiger partial charge on any atom is 0.0862 e. The zero-order chi connectivity index (χ0) is 17.5. The first-order chi connectivity index (χ1) is 12.8. The Labute approximate surface area is 155 Å². The molecule has 0 N–H and O–H groups in total. The highest BCUT2D eigenvalue weighted by atomic mass is 32.2. The molecule has 0 amide bonds. The predicted molar refractivity (Wildman–Crippen MR) is 107 cm³/mol. The van der Waals surface area contributed by atoms with Gasteiger partial charge in [0.1, 0.15) is 0 Å². The van der Waals surface area contributed by atoms with Gasteiger partial charge in [0, 0.05) is 0 Å². The van der Waals surface area contributed by atoms with Gasteiger partial charge in [-0.3, -0.25) is 0 Å². The van der Waals surface area contributed by atoms with Crippen molar-refractivity contribution < 1.29 is 4.21 Å². The van der Waals surface area contributed by atoms with Crippen LogP contribution in [0.4, 0.5) is 0 Å². The average Bonchev–Trinajstić information content (AvgIpc) is 3.01. The molecule has 0 aliphatic carbocycles. The lowest BCUT2D eigenvalue weighted by molar-refractivity contribution is 0.685. The van der Waals surface area contributed by atoms with Crippen LogP contribution in [0.3, 0.4) is 0 Å². The van der Waals surface area contributed by atoms with Gasteiger partial charge in [-0.05, 0) is 45.5 Å². The van der Waals surface area contributed by atoms with Crippen LogP contribution in [0.5, 0.6) is 0 Å². The summed E-state index contributed by atoms with van der Waals surface area (Å²) in [6, 6.07) is 33.0. The van der Waals surface area contributed by atoms with Crippen LogP contribution < -0.4 is 0 Å². The number of fused-ring (bicyclic) bond motifs is 3. The summed E-state index contributed by atoms with van der Waals surface area (Å²) in [7, 11) is -1.14. The van der Waals surface area contributed by atoms with Gasteiger partial charge in [0.2, 0.25) is 0 Å². The van der Waals surface area contributed by atoms with E-state index < -0.39 is 10.8 Å². The monoisotopic (exact) mass is 352 g/mol. The maximum atomic E-state index is 13.2. The van der Waals surface area contributed by atoms with Gasteiger partial charge in [0.15, 0.2) is 0 Å².